The maximum atomic E-state index is 3.57. The van der Waals surface area contributed by atoms with Crippen LogP contribution in [-0.2, 0) is 0 Å². The summed E-state index contributed by atoms with van der Waals surface area (Å²) in [6.07, 6.45) is 0. The Morgan fingerprint density at radius 2 is 1.59 bits per heavy atom. The van der Waals surface area contributed by atoms with E-state index in [0.29, 0.717) is 5.92 Å². The van der Waals surface area contributed by atoms with Crippen LogP contribution in [0.3, 0.4) is 0 Å². The van der Waals surface area contributed by atoms with Crippen molar-refractivity contribution in [3.63, 3.8) is 0 Å². The predicted octanol–water partition coefficient (Wildman–Crippen LogP) is 5.76. The van der Waals surface area contributed by atoms with Crippen LogP contribution in [0.4, 0.5) is 0 Å². The zero-order valence-electron chi connectivity index (χ0n) is 12.8. The fourth-order valence-corrected chi connectivity index (χ4v) is 3.96. The van der Waals surface area contributed by atoms with Crippen LogP contribution in [0.5, 0.6) is 0 Å². The zero-order chi connectivity index (χ0) is 14.8. The van der Waals surface area contributed by atoms with E-state index >= 15 is 0 Å². The number of fused-ring (bicyclic) bond motifs is 6. The maximum absolute atomic E-state index is 3.57. The highest BCUT2D eigenvalue weighted by atomic mass is 14.7. The molecule has 1 aliphatic carbocycles. The third-order valence-corrected chi connectivity index (χ3v) is 5.11. The lowest BCUT2D eigenvalue weighted by Gasteiger charge is -2.06. The first-order valence-corrected chi connectivity index (χ1v) is 7.87. The summed E-state index contributed by atoms with van der Waals surface area (Å²) in [7, 11) is 0. The van der Waals surface area contributed by atoms with Crippen molar-refractivity contribution in [1.82, 2.24) is 4.98 Å². The Bertz CT molecular complexity index is 1050. The number of hydrogen-bond acceptors (Lipinski definition) is 0. The molecule has 0 spiro atoms. The quantitative estimate of drug-likeness (QED) is 0.422. The normalized spacial score (nSPS) is 16.2. The Morgan fingerprint density at radius 3 is 2.50 bits per heavy atom. The number of hydrogen-bond donors (Lipinski definition) is 1. The molecule has 1 nitrogen and oxygen atoms in total. The second-order valence-corrected chi connectivity index (χ2v) is 6.47. The molecule has 0 bridgehead atoms. The molecular formula is C21H17N. The summed E-state index contributed by atoms with van der Waals surface area (Å²) in [6.45, 7) is 4.49. The highest BCUT2D eigenvalue weighted by Gasteiger charge is 2.26. The summed E-state index contributed by atoms with van der Waals surface area (Å²) in [5.41, 5.74) is 9.52. The van der Waals surface area contributed by atoms with Crippen LogP contribution >= 0.6 is 0 Å². The van der Waals surface area contributed by atoms with Crippen molar-refractivity contribution in [2.75, 3.05) is 0 Å². The van der Waals surface area contributed by atoms with Crippen molar-refractivity contribution >= 4 is 21.8 Å². The van der Waals surface area contributed by atoms with Gasteiger partial charge in [0.2, 0.25) is 0 Å². The number of benzene rings is 3. The smallest absolute Gasteiger partial charge is 0.0468 e. The molecule has 0 aliphatic heterocycles. The average molecular weight is 283 g/mol. The fraction of sp³-hybridized carbons (Fsp3) is 0.143. The van der Waals surface area contributed by atoms with E-state index in [1.165, 1.54) is 49.6 Å². The van der Waals surface area contributed by atoms with Gasteiger partial charge < -0.3 is 4.98 Å². The van der Waals surface area contributed by atoms with Crippen LogP contribution in [0.15, 0.2) is 54.6 Å². The number of para-hydroxylation sites is 1. The molecule has 0 amide bonds. The number of aromatic nitrogens is 1. The van der Waals surface area contributed by atoms with Crippen LogP contribution in [0, 0.1) is 6.92 Å². The van der Waals surface area contributed by atoms with E-state index in [1.54, 1.807) is 0 Å². The second-order valence-electron chi connectivity index (χ2n) is 6.47. The third-order valence-electron chi connectivity index (χ3n) is 5.11. The Morgan fingerprint density at radius 1 is 0.773 bits per heavy atom. The molecule has 1 N–H and O–H groups in total. The van der Waals surface area contributed by atoms with Crippen LogP contribution in [-0.4, -0.2) is 4.98 Å². The van der Waals surface area contributed by atoms with E-state index in [0.717, 1.165) is 0 Å². The van der Waals surface area contributed by atoms with Gasteiger partial charge in [0.15, 0.2) is 0 Å². The molecule has 22 heavy (non-hydrogen) atoms. The Kier molecular flexibility index (Phi) is 2.20. The van der Waals surface area contributed by atoms with Gasteiger partial charge in [-0.15, -0.1) is 0 Å². The van der Waals surface area contributed by atoms with Gasteiger partial charge in [-0.1, -0.05) is 48.9 Å². The molecule has 106 valence electrons. The van der Waals surface area contributed by atoms with Crippen molar-refractivity contribution in [2.45, 2.75) is 19.8 Å². The van der Waals surface area contributed by atoms with Crippen molar-refractivity contribution in [2.24, 2.45) is 0 Å². The minimum Gasteiger partial charge on any atom is -0.355 e. The van der Waals surface area contributed by atoms with Gasteiger partial charge in [-0.25, -0.2) is 0 Å². The van der Waals surface area contributed by atoms with Gasteiger partial charge >= 0.3 is 0 Å². The molecule has 0 saturated carbocycles. The van der Waals surface area contributed by atoms with Crippen molar-refractivity contribution in [3.05, 3.63) is 71.3 Å². The van der Waals surface area contributed by atoms with Gasteiger partial charge in [-0.3, -0.25) is 0 Å². The minimum absolute atomic E-state index is 0.473. The summed E-state index contributed by atoms with van der Waals surface area (Å²) in [6, 6.07) is 20.1. The van der Waals surface area contributed by atoms with Crippen molar-refractivity contribution in [1.29, 1.82) is 0 Å². The van der Waals surface area contributed by atoms with E-state index in [4.69, 9.17) is 0 Å². The van der Waals surface area contributed by atoms with Crippen molar-refractivity contribution in [3.8, 4) is 11.1 Å². The molecule has 1 heteroatoms. The first kappa shape index (κ1) is 12.0. The van der Waals surface area contributed by atoms with Gasteiger partial charge in [-0.05, 0) is 47.4 Å². The summed E-state index contributed by atoms with van der Waals surface area (Å²) in [5, 5.41) is 2.64. The SMILES string of the molecule is Cc1ccc2c(c1)C(C)c1cc3[nH]c4ccccc4c3cc1-2. The Labute approximate surface area is 129 Å². The number of nitrogens with one attached hydrogen (secondary N) is 1. The molecule has 1 unspecified atom stereocenters. The molecule has 1 aliphatic rings. The molecule has 0 saturated heterocycles. The third kappa shape index (κ3) is 1.43. The summed E-state index contributed by atoms with van der Waals surface area (Å²) < 4.78 is 0. The summed E-state index contributed by atoms with van der Waals surface area (Å²) in [4.78, 5) is 3.57. The van der Waals surface area contributed by atoms with Crippen molar-refractivity contribution < 1.29 is 0 Å². The molecular weight excluding hydrogens is 266 g/mol. The van der Waals surface area contributed by atoms with E-state index in [1.807, 2.05) is 0 Å². The van der Waals surface area contributed by atoms with Gasteiger partial charge in [0.25, 0.3) is 0 Å². The van der Waals surface area contributed by atoms with Gasteiger partial charge in [0, 0.05) is 27.7 Å². The van der Waals surface area contributed by atoms with Crippen LogP contribution < -0.4 is 0 Å². The maximum Gasteiger partial charge on any atom is 0.0468 e. The van der Waals surface area contributed by atoms with Gasteiger partial charge in [0.1, 0.15) is 0 Å². The number of H-pyrrole nitrogens is 1. The molecule has 4 aromatic rings. The highest BCUT2D eigenvalue weighted by molar-refractivity contribution is 6.09. The zero-order valence-corrected chi connectivity index (χ0v) is 12.8. The lowest BCUT2D eigenvalue weighted by molar-refractivity contribution is 0.956. The largest absolute Gasteiger partial charge is 0.355 e. The molecule has 5 rings (SSSR count). The predicted molar refractivity (Wildman–Crippen MR) is 93.5 cm³/mol. The van der Waals surface area contributed by atoms with E-state index in [9.17, 15) is 0 Å². The monoisotopic (exact) mass is 283 g/mol. The van der Waals surface area contributed by atoms with Gasteiger partial charge in [0.05, 0.1) is 0 Å². The first-order chi connectivity index (χ1) is 10.7. The number of aromatic amines is 1. The molecule has 1 atom stereocenters. The first-order valence-electron chi connectivity index (χ1n) is 7.87. The molecule has 0 fully saturated rings. The molecule has 3 aromatic carbocycles. The minimum atomic E-state index is 0.473. The molecule has 0 radical (unpaired) electrons. The second kappa shape index (κ2) is 4.01. The highest BCUT2D eigenvalue weighted by Crippen LogP contribution is 2.47. The lowest BCUT2D eigenvalue weighted by Crippen LogP contribution is -1.90. The van der Waals surface area contributed by atoms with E-state index < -0.39 is 0 Å². The van der Waals surface area contributed by atoms with Gasteiger partial charge in [-0.2, -0.15) is 0 Å². The molecule has 1 heterocycles. The van der Waals surface area contributed by atoms with Crippen LogP contribution in [0.25, 0.3) is 32.9 Å². The standard InChI is InChI=1S/C21H17N/c1-12-7-8-14-16(9-12)13(2)17-11-21-19(10-18(14)17)15-5-3-4-6-20(15)22-21/h3-11,13,22H,1-2H3. The Hall–Kier alpha value is -2.54. The topological polar surface area (TPSA) is 15.8 Å². The van der Waals surface area contributed by atoms with E-state index in [2.05, 4.69) is 73.4 Å². The van der Waals surface area contributed by atoms with Crippen LogP contribution in [0.2, 0.25) is 0 Å². The molecule has 1 aromatic heterocycles. The average Bonchev–Trinajstić information content (AvgIpc) is 3.02. The summed E-state index contributed by atoms with van der Waals surface area (Å²) in [5.74, 6) is 0.473. The summed E-state index contributed by atoms with van der Waals surface area (Å²) >= 11 is 0. The number of rotatable bonds is 0. The van der Waals surface area contributed by atoms with E-state index in [-0.39, 0.29) is 0 Å². The fourth-order valence-electron chi connectivity index (χ4n) is 3.96. The Balaban J connectivity index is 1.89. The van der Waals surface area contributed by atoms with Crippen LogP contribution in [0.1, 0.15) is 29.5 Å². The lowest BCUT2D eigenvalue weighted by atomic mass is 9.97. The number of aryl methyl sites for hydroxylation is 1.